The van der Waals surface area contributed by atoms with E-state index in [1.165, 1.54) is 6.07 Å². The second kappa shape index (κ2) is 6.38. The van der Waals surface area contributed by atoms with Crippen LogP contribution in [-0.2, 0) is 0 Å². The second-order valence-electron chi connectivity index (χ2n) is 5.09. The second-order valence-corrected chi connectivity index (χ2v) is 5.47. The lowest BCUT2D eigenvalue weighted by molar-refractivity contribution is 0.0730. The summed E-state index contributed by atoms with van der Waals surface area (Å²) in [7, 11) is 0. The van der Waals surface area contributed by atoms with E-state index in [0.717, 1.165) is 32.2 Å². The molecule has 1 fully saturated rings. The first-order valence-electron chi connectivity index (χ1n) is 6.76. The van der Waals surface area contributed by atoms with Gasteiger partial charge in [-0.15, -0.1) is 11.6 Å². The van der Waals surface area contributed by atoms with Crippen LogP contribution in [-0.4, -0.2) is 29.3 Å². The molecule has 0 N–H and O–H groups in total. The number of rotatable bonds is 4. The summed E-state index contributed by atoms with van der Waals surface area (Å²) < 4.78 is 13.2. The summed E-state index contributed by atoms with van der Waals surface area (Å²) in [5.41, 5.74) is 1.10. The van der Waals surface area contributed by atoms with Crippen LogP contribution in [0.1, 0.15) is 41.6 Å². The van der Waals surface area contributed by atoms with Crippen molar-refractivity contribution >= 4 is 17.5 Å². The van der Waals surface area contributed by atoms with Crippen molar-refractivity contribution in [2.45, 2.75) is 38.6 Å². The fraction of sp³-hybridized carbons (Fsp3) is 0.533. The van der Waals surface area contributed by atoms with Crippen LogP contribution in [0.2, 0.25) is 0 Å². The lowest BCUT2D eigenvalue weighted by Crippen LogP contribution is -2.35. The molecule has 2 rings (SSSR count). The normalized spacial score (nSPS) is 18.9. The highest BCUT2D eigenvalue weighted by Crippen LogP contribution is 2.24. The topological polar surface area (TPSA) is 20.3 Å². The molecule has 1 heterocycles. The lowest BCUT2D eigenvalue weighted by Gasteiger charge is -2.24. The van der Waals surface area contributed by atoms with Crippen LogP contribution in [0.5, 0.6) is 0 Å². The standard InChI is InChI=1S/C15H19ClFNO/c1-11-10-12(6-7-14(11)17)15(19)18-9-3-5-13(18)4-2-8-16/h6-7,10,13H,2-5,8-9H2,1H3. The molecule has 0 radical (unpaired) electrons. The summed E-state index contributed by atoms with van der Waals surface area (Å²) in [6.45, 7) is 2.48. The number of hydrogen-bond donors (Lipinski definition) is 0. The zero-order valence-corrected chi connectivity index (χ0v) is 11.9. The van der Waals surface area contributed by atoms with Gasteiger partial charge in [0.05, 0.1) is 0 Å². The summed E-state index contributed by atoms with van der Waals surface area (Å²) in [6.07, 6.45) is 3.97. The van der Waals surface area contributed by atoms with Gasteiger partial charge in [-0.2, -0.15) is 0 Å². The molecule has 0 aromatic heterocycles. The van der Waals surface area contributed by atoms with Gasteiger partial charge in [0.25, 0.3) is 5.91 Å². The molecule has 0 aliphatic carbocycles. The maximum absolute atomic E-state index is 13.2. The minimum absolute atomic E-state index is 0.0140. The van der Waals surface area contributed by atoms with Crippen molar-refractivity contribution < 1.29 is 9.18 Å². The third kappa shape index (κ3) is 3.27. The van der Waals surface area contributed by atoms with Gasteiger partial charge in [-0.1, -0.05) is 0 Å². The van der Waals surface area contributed by atoms with Gasteiger partial charge < -0.3 is 4.90 Å². The average molecular weight is 284 g/mol. The van der Waals surface area contributed by atoms with E-state index in [-0.39, 0.29) is 17.8 Å². The molecule has 19 heavy (non-hydrogen) atoms. The number of halogens is 2. The smallest absolute Gasteiger partial charge is 0.254 e. The average Bonchev–Trinajstić information content (AvgIpc) is 2.87. The zero-order valence-electron chi connectivity index (χ0n) is 11.2. The number of likely N-dealkylation sites (tertiary alicyclic amines) is 1. The first-order valence-corrected chi connectivity index (χ1v) is 7.30. The van der Waals surface area contributed by atoms with Crippen LogP contribution < -0.4 is 0 Å². The Morgan fingerprint density at radius 2 is 2.32 bits per heavy atom. The van der Waals surface area contributed by atoms with Crippen LogP contribution in [0.15, 0.2) is 18.2 Å². The number of alkyl halides is 1. The van der Waals surface area contributed by atoms with Crippen molar-refractivity contribution in [2.24, 2.45) is 0 Å². The first-order chi connectivity index (χ1) is 9.13. The van der Waals surface area contributed by atoms with Crippen LogP contribution in [0.25, 0.3) is 0 Å². The molecule has 0 spiro atoms. The number of nitrogens with zero attached hydrogens (tertiary/aromatic N) is 1. The predicted molar refractivity (Wildman–Crippen MR) is 75.1 cm³/mol. The Bertz CT molecular complexity index is 463. The van der Waals surface area contributed by atoms with Crippen LogP contribution >= 0.6 is 11.6 Å². The van der Waals surface area contributed by atoms with E-state index in [9.17, 15) is 9.18 Å². The molecule has 0 bridgehead atoms. The molecule has 104 valence electrons. The maximum Gasteiger partial charge on any atom is 0.254 e. The molecule has 4 heteroatoms. The highest BCUT2D eigenvalue weighted by atomic mass is 35.5. The Kier molecular flexibility index (Phi) is 4.81. The molecule has 1 aromatic carbocycles. The Morgan fingerprint density at radius 1 is 1.53 bits per heavy atom. The molecule has 1 amide bonds. The molecule has 1 saturated heterocycles. The van der Waals surface area contributed by atoms with Crippen molar-refractivity contribution in [2.75, 3.05) is 12.4 Å². The molecule has 1 atom stereocenters. The molecular weight excluding hydrogens is 265 g/mol. The van der Waals surface area contributed by atoms with E-state index >= 15 is 0 Å². The zero-order chi connectivity index (χ0) is 13.8. The fourth-order valence-corrected chi connectivity index (χ4v) is 2.81. The third-order valence-electron chi connectivity index (χ3n) is 3.71. The summed E-state index contributed by atoms with van der Waals surface area (Å²) in [5.74, 6) is 0.380. The minimum Gasteiger partial charge on any atom is -0.336 e. The van der Waals surface area contributed by atoms with E-state index in [4.69, 9.17) is 11.6 Å². The molecule has 1 aliphatic rings. The fourth-order valence-electron chi connectivity index (χ4n) is 2.66. The highest BCUT2D eigenvalue weighted by molar-refractivity contribution is 6.17. The van der Waals surface area contributed by atoms with Crippen molar-refractivity contribution in [3.8, 4) is 0 Å². The number of carbonyl (C=O) groups excluding carboxylic acids is 1. The van der Waals surface area contributed by atoms with Gasteiger partial charge in [-0.3, -0.25) is 4.79 Å². The van der Waals surface area contributed by atoms with E-state index in [1.807, 2.05) is 4.90 Å². The summed E-state index contributed by atoms with van der Waals surface area (Å²) in [4.78, 5) is 14.4. The number of aryl methyl sites for hydroxylation is 1. The van der Waals surface area contributed by atoms with Crippen molar-refractivity contribution in [1.29, 1.82) is 0 Å². The number of hydrogen-bond acceptors (Lipinski definition) is 1. The minimum atomic E-state index is -0.267. The summed E-state index contributed by atoms with van der Waals surface area (Å²) in [6, 6.07) is 4.86. The predicted octanol–water partition coefficient (Wildman–Crippen LogP) is 3.76. The Morgan fingerprint density at radius 3 is 3.00 bits per heavy atom. The first kappa shape index (κ1) is 14.3. The molecular formula is C15H19ClFNO. The van der Waals surface area contributed by atoms with Gasteiger partial charge in [0, 0.05) is 24.0 Å². The quantitative estimate of drug-likeness (QED) is 0.771. The number of benzene rings is 1. The van der Waals surface area contributed by atoms with Gasteiger partial charge in [-0.25, -0.2) is 4.39 Å². The lowest BCUT2D eigenvalue weighted by atomic mass is 10.1. The van der Waals surface area contributed by atoms with Gasteiger partial charge in [0.15, 0.2) is 0 Å². The van der Waals surface area contributed by atoms with E-state index in [0.29, 0.717) is 17.0 Å². The molecule has 1 aromatic rings. The Balaban J connectivity index is 2.11. The Hall–Kier alpha value is -1.09. The van der Waals surface area contributed by atoms with Crippen molar-refractivity contribution in [3.63, 3.8) is 0 Å². The largest absolute Gasteiger partial charge is 0.336 e. The van der Waals surface area contributed by atoms with Crippen LogP contribution in [0, 0.1) is 12.7 Å². The molecule has 1 unspecified atom stereocenters. The van der Waals surface area contributed by atoms with Gasteiger partial charge >= 0.3 is 0 Å². The maximum atomic E-state index is 13.2. The van der Waals surface area contributed by atoms with Gasteiger partial charge in [-0.05, 0) is 56.4 Å². The summed E-state index contributed by atoms with van der Waals surface area (Å²) in [5, 5.41) is 0. The van der Waals surface area contributed by atoms with Crippen molar-refractivity contribution in [1.82, 2.24) is 4.90 Å². The van der Waals surface area contributed by atoms with Crippen LogP contribution in [0.3, 0.4) is 0 Å². The van der Waals surface area contributed by atoms with Crippen LogP contribution in [0.4, 0.5) is 4.39 Å². The number of carbonyl (C=O) groups is 1. The summed E-state index contributed by atoms with van der Waals surface area (Å²) >= 11 is 5.72. The van der Waals surface area contributed by atoms with E-state index in [1.54, 1.807) is 19.1 Å². The SMILES string of the molecule is Cc1cc(C(=O)N2CCCC2CCCCl)ccc1F. The monoisotopic (exact) mass is 283 g/mol. The van der Waals surface area contributed by atoms with Crippen molar-refractivity contribution in [3.05, 3.63) is 35.1 Å². The molecule has 1 aliphatic heterocycles. The molecule has 2 nitrogen and oxygen atoms in total. The van der Waals surface area contributed by atoms with E-state index < -0.39 is 0 Å². The van der Waals surface area contributed by atoms with Gasteiger partial charge in [0.1, 0.15) is 5.82 Å². The molecule has 0 saturated carbocycles. The van der Waals surface area contributed by atoms with Gasteiger partial charge in [0.2, 0.25) is 0 Å². The highest BCUT2D eigenvalue weighted by Gasteiger charge is 2.28. The van der Waals surface area contributed by atoms with E-state index in [2.05, 4.69) is 0 Å². The Labute approximate surface area is 118 Å². The third-order valence-corrected chi connectivity index (χ3v) is 3.98. The number of amides is 1.